The molecule has 2 rings (SSSR count). The van der Waals surface area contributed by atoms with Gasteiger partial charge in [-0.1, -0.05) is 54.1 Å². The molecule has 0 saturated carbocycles. The smallest absolute Gasteiger partial charge is 0.191 e. The van der Waals surface area contributed by atoms with Gasteiger partial charge in [-0.2, -0.15) is 0 Å². The summed E-state index contributed by atoms with van der Waals surface area (Å²) >= 11 is 5.90. The highest BCUT2D eigenvalue weighted by Gasteiger charge is 2.11. The zero-order valence-corrected chi connectivity index (χ0v) is 20.5. The lowest BCUT2D eigenvalue weighted by molar-refractivity contribution is 0.592. The van der Waals surface area contributed by atoms with E-state index in [0.717, 1.165) is 30.1 Å². The first-order valence-electron chi connectivity index (χ1n) is 9.49. The molecule has 0 aliphatic carbocycles. The fraction of sp³-hybridized carbons (Fsp3) is 0.381. The summed E-state index contributed by atoms with van der Waals surface area (Å²) in [5.41, 5.74) is 2.02. The summed E-state index contributed by atoms with van der Waals surface area (Å²) in [6.45, 7) is 3.95. The zero-order valence-electron chi connectivity index (χ0n) is 16.6. The Bertz CT molecular complexity index is 844. The van der Waals surface area contributed by atoms with Gasteiger partial charge in [0.05, 0.1) is 11.5 Å². The third kappa shape index (κ3) is 10.9. The summed E-state index contributed by atoms with van der Waals surface area (Å²) in [6.07, 6.45) is 1.36. The quantitative estimate of drug-likeness (QED) is 0.203. The molecule has 0 heterocycles. The Balaban J connectivity index is 0.00000420. The van der Waals surface area contributed by atoms with E-state index < -0.39 is 9.84 Å². The lowest BCUT2D eigenvalue weighted by Gasteiger charge is -2.11. The van der Waals surface area contributed by atoms with Crippen molar-refractivity contribution in [3.63, 3.8) is 0 Å². The van der Waals surface area contributed by atoms with E-state index in [2.05, 4.69) is 15.6 Å². The summed E-state index contributed by atoms with van der Waals surface area (Å²) in [6, 6.07) is 17.0. The molecular formula is C21H29ClIN3O2S. The molecule has 0 amide bonds. The maximum Gasteiger partial charge on any atom is 0.191 e. The normalized spacial score (nSPS) is 11.6. The predicted molar refractivity (Wildman–Crippen MR) is 133 cm³/mol. The molecule has 29 heavy (non-hydrogen) atoms. The second-order valence-electron chi connectivity index (χ2n) is 6.50. The van der Waals surface area contributed by atoms with Crippen LogP contribution >= 0.6 is 35.6 Å². The van der Waals surface area contributed by atoms with Crippen molar-refractivity contribution < 1.29 is 8.42 Å². The zero-order chi connectivity index (χ0) is 20.2. The summed E-state index contributed by atoms with van der Waals surface area (Å²) in [4.78, 5) is 4.48. The number of hydrogen-bond donors (Lipinski definition) is 2. The Hall–Kier alpha value is -1.32. The van der Waals surface area contributed by atoms with Crippen molar-refractivity contribution >= 4 is 51.4 Å². The number of hydrogen-bond acceptors (Lipinski definition) is 3. The number of sulfone groups is 1. The lowest BCUT2D eigenvalue weighted by atomic mass is 10.1. The number of guanidine groups is 1. The van der Waals surface area contributed by atoms with Crippen LogP contribution in [0, 0.1) is 0 Å². The van der Waals surface area contributed by atoms with E-state index in [1.165, 1.54) is 5.56 Å². The molecule has 0 bridgehead atoms. The van der Waals surface area contributed by atoms with E-state index in [-0.39, 0.29) is 35.5 Å². The lowest BCUT2D eigenvalue weighted by Crippen LogP contribution is -2.38. The fourth-order valence-corrected chi connectivity index (χ4v) is 4.23. The Kier molecular flexibility index (Phi) is 12.3. The Morgan fingerprint density at radius 2 is 1.69 bits per heavy atom. The van der Waals surface area contributed by atoms with Crippen LogP contribution in [0.1, 0.15) is 24.5 Å². The minimum atomic E-state index is -3.12. The average Bonchev–Trinajstić information content (AvgIpc) is 2.67. The number of nitrogens with zero attached hydrogens (tertiary/aromatic N) is 1. The summed E-state index contributed by atoms with van der Waals surface area (Å²) in [7, 11) is -3.12. The fourth-order valence-electron chi connectivity index (χ4n) is 2.69. The highest BCUT2D eigenvalue weighted by molar-refractivity contribution is 14.0. The largest absolute Gasteiger partial charge is 0.357 e. The van der Waals surface area contributed by atoms with Gasteiger partial charge in [-0.15, -0.1) is 24.0 Å². The van der Waals surface area contributed by atoms with Gasteiger partial charge in [0.1, 0.15) is 0 Å². The van der Waals surface area contributed by atoms with Crippen LogP contribution in [0.25, 0.3) is 0 Å². The molecule has 0 aromatic heterocycles. The van der Waals surface area contributed by atoms with Crippen molar-refractivity contribution in [2.24, 2.45) is 4.99 Å². The van der Waals surface area contributed by atoms with Crippen molar-refractivity contribution in [1.82, 2.24) is 10.6 Å². The van der Waals surface area contributed by atoms with Gasteiger partial charge in [0.2, 0.25) is 0 Å². The van der Waals surface area contributed by atoms with Crippen molar-refractivity contribution in [3.05, 3.63) is 70.7 Å². The van der Waals surface area contributed by atoms with Gasteiger partial charge < -0.3 is 10.6 Å². The van der Waals surface area contributed by atoms with Crippen LogP contribution in [0.5, 0.6) is 0 Å². The van der Waals surface area contributed by atoms with Crippen molar-refractivity contribution in [2.45, 2.75) is 25.5 Å². The third-order valence-electron chi connectivity index (χ3n) is 4.08. The highest BCUT2D eigenvalue weighted by atomic mass is 127. The highest BCUT2D eigenvalue weighted by Crippen LogP contribution is 2.09. The molecule has 2 aromatic carbocycles. The van der Waals surface area contributed by atoms with Crippen LogP contribution < -0.4 is 10.6 Å². The second-order valence-corrected chi connectivity index (χ2v) is 9.12. The van der Waals surface area contributed by atoms with Gasteiger partial charge in [-0.05, 0) is 43.0 Å². The minimum Gasteiger partial charge on any atom is -0.357 e. The molecule has 5 nitrogen and oxygen atoms in total. The molecule has 0 radical (unpaired) electrons. The summed E-state index contributed by atoms with van der Waals surface area (Å²) in [5, 5.41) is 7.19. The van der Waals surface area contributed by atoms with Crippen LogP contribution in [0.4, 0.5) is 0 Å². The maximum absolute atomic E-state index is 12.2. The molecule has 8 heteroatoms. The molecule has 2 N–H and O–H groups in total. The van der Waals surface area contributed by atoms with Crippen molar-refractivity contribution in [1.29, 1.82) is 0 Å². The molecular weight excluding hydrogens is 521 g/mol. The number of nitrogens with one attached hydrogen (secondary N) is 2. The van der Waals surface area contributed by atoms with E-state index in [1.54, 1.807) is 0 Å². The molecule has 0 saturated heterocycles. The van der Waals surface area contributed by atoms with E-state index in [9.17, 15) is 8.42 Å². The molecule has 0 spiro atoms. The van der Waals surface area contributed by atoms with Crippen LogP contribution in [-0.2, 0) is 22.0 Å². The first-order chi connectivity index (χ1) is 13.5. The molecule has 160 valence electrons. The number of benzene rings is 2. The average molecular weight is 550 g/mol. The van der Waals surface area contributed by atoms with Crippen LogP contribution in [0.2, 0.25) is 5.02 Å². The molecule has 0 aliphatic rings. The number of rotatable bonds is 10. The maximum atomic E-state index is 12.2. The molecule has 0 unspecified atom stereocenters. The van der Waals surface area contributed by atoms with Crippen molar-refractivity contribution in [2.75, 3.05) is 25.4 Å². The standard InChI is InChI=1S/C21H28ClN3O2S.HI/c1-2-23-21(25-15-13-18-9-11-20(22)12-10-18)24-14-6-16-28(26,27)17-19-7-4-3-5-8-19;/h3-5,7-12H,2,6,13-17H2,1H3,(H2,23,24,25);1H. The van der Waals surface area contributed by atoms with E-state index in [0.29, 0.717) is 18.9 Å². The first-order valence-corrected chi connectivity index (χ1v) is 11.7. The van der Waals surface area contributed by atoms with Crippen LogP contribution in [-0.4, -0.2) is 39.8 Å². The van der Waals surface area contributed by atoms with Crippen LogP contribution in [0.3, 0.4) is 0 Å². The van der Waals surface area contributed by atoms with Crippen molar-refractivity contribution in [3.8, 4) is 0 Å². The number of halogens is 2. The first kappa shape index (κ1) is 25.7. The van der Waals surface area contributed by atoms with Gasteiger partial charge in [-0.25, -0.2) is 8.42 Å². The molecule has 0 aliphatic heterocycles. The van der Waals surface area contributed by atoms with Gasteiger partial charge in [0.25, 0.3) is 0 Å². The molecule has 2 aromatic rings. The van der Waals surface area contributed by atoms with E-state index in [1.807, 2.05) is 61.5 Å². The van der Waals surface area contributed by atoms with Gasteiger partial charge in [0.15, 0.2) is 15.8 Å². The Morgan fingerprint density at radius 3 is 2.34 bits per heavy atom. The second kappa shape index (κ2) is 13.8. The topological polar surface area (TPSA) is 70.6 Å². The van der Waals surface area contributed by atoms with Gasteiger partial charge in [-0.3, -0.25) is 4.99 Å². The van der Waals surface area contributed by atoms with Gasteiger partial charge >= 0.3 is 0 Å². The van der Waals surface area contributed by atoms with E-state index >= 15 is 0 Å². The summed E-state index contributed by atoms with van der Waals surface area (Å²) in [5.74, 6) is 0.920. The molecule has 0 fully saturated rings. The van der Waals surface area contributed by atoms with Crippen LogP contribution in [0.15, 0.2) is 59.6 Å². The SMILES string of the molecule is CCNC(=NCCCS(=O)(=O)Cc1ccccc1)NCCc1ccc(Cl)cc1.I. The third-order valence-corrected chi connectivity index (χ3v) is 6.01. The van der Waals surface area contributed by atoms with Gasteiger partial charge in [0, 0.05) is 24.7 Å². The number of aliphatic imine (C=N–C) groups is 1. The predicted octanol–water partition coefficient (Wildman–Crippen LogP) is 4.06. The Labute approximate surface area is 196 Å². The molecule has 0 atom stereocenters. The minimum absolute atomic E-state index is 0. The van der Waals surface area contributed by atoms with E-state index in [4.69, 9.17) is 11.6 Å². The summed E-state index contributed by atoms with van der Waals surface area (Å²) < 4.78 is 24.5. The Morgan fingerprint density at radius 1 is 1.00 bits per heavy atom. The monoisotopic (exact) mass is 549 g/mol.